The van der Waals surface area contributed by atoms with Gasteiger partial charge in [-0.25, -0.2) is 4.79 Å². The molecular weight excluding hydrogens is 276 g/mol. The van der Waals surface area contributed by atoms with Crippen molar-refractivity contribution in [1.82, 2.24) is 10.2 Å². The van der Waals surface area contributed by atoms with Crippen molar-refractivity contribution < 1.29 is 9.53 Å². The molecule has 2 rings (SSSR count). The predicted molar refractivity (Wildman–Crippen MR) is 88.0 cm³/mol. The molecule has 0 heterocycles. The van der Waals surface area contributed by atoms with E-state index in [0.29, 0.717) is 19.7 Å². The highest BCUT2D eigenvalue weighted by Crippen LogP contribution is 2.10. The van der Waals surface area contributed by atoms with Crippen LogP contribution in [0, 0.1) is 6.92 Å². The maximum atomic E-state index is 12.0. The Bertz CT molecular complexity index is 582. The smallest absolute Gasteiger partial charge is 0.317 e. The van der Waals surface area contributed by atoms with Crippen molar-refractivity contribution in [2.24, 2.45) is 0 Å². The Balaban J connectivity index is 1.67. The zero-order chi connectivity index (χ0) is 15.8. The van der Waals surface area contributed by atoms with Gasteiger partial charge in [0.25, 0.3) is 0 Å². The van der Waals surface area contributed by atoms with E-state index >= 15 is 0 Å². The molecule has 0 atom stereocenters. The molecule has 22 heavy (non-hydrogen) atoms. The topological polar surface area (TPSA) is 41.6 Å². The molecule has 0 saturated heterocycles. The Morgan fingerprint density at radius 3 is 2.45 bits per heavy atom. The lowest BCUT2D eigenvalue weighted by molar-refractivity contribution is 0.203. The predicted octanol–water partition coefficient (Wildman–Crippen LogP) is 3.22. The third-order valence-electron chi connectivity index (χ3n) is 3.28. The highest BCUT2D eigenvalue weighted by molar-refractivity contribution is 5.73. The van der Waals surface area contributed by atoms with Crippen molar-refractivity contribution in [2.75, 3.05) is 20.2 Å². The Kier molecular flexibility index (Phi) is 5.83. The molecule has 4 nitrogen and oxygen atoms in total. The van der Waals surface area contributed by atoms with Crippen LogP contribution in [-0.4, -0.2) is 31.1 Å². The van der Waals surface area contributed by atoms with Crippen LogP contribution < -0.4 is 10.1 Å². The second-order valence-corrected chi connectivity index (χ2v) is 5.24. The van der Waals surface area contributed by atoms with Gasteiger partial charge in [0.2, 0.25) is 0 Å². The average Bonchev–Trinajstić information content (AvgIpc) is 2.54. The highest BCUT2D eigenvalue weighted by Gasteiger charge is 2.07. The molecule has 4 heteroatoms. The Labute approximate surface area is 131 Å². The van der Waals surface area contributed by atoms with Gasteiger partial charge in [-0.3, -0.25) is 0 Å². The first kappa shape index (κ1) is 15.9. The van der Waals surface area contributed by atoms with Crippen LogP contribution >= 0.6 is 0 Å². The Hall–Kier alpha value is -2.49. The van der Waals surface area contributed by atoms with Crippen LogP contribution in [-0.2, 0) is 6.54 Å². The van der Waals surface area contributed by atoms with Crippen molar-refractivity contribution in [1.29, 1.82) is 0 Å². The molecule has 0 spiro atoms. The molecule has 2 aromatic rings. The van der Waals surface area contributed by atoms with Crippen LogP contribution in [0.15, 0.2) is 54.6 Å². The van der Waals surface area contributed by atoms with E-state index in [2.05, 4.69) is 5.32 Å². The molecule has 0 unspecified atom stereocenters. The minimum atomic E-state index is -0.101. The van der Waals surface area contributed by atoms with Gasteiger partial charge in [-0.2, -0.15) is 0 Å². The van der Waals surface area contributed by atoms with Gasteiger partial charge in [-0.1, -0.05) is 48.0 Å². The van der Waals surface area contributed by atoms with Gasteiger partial charge >= 0.3 is 6.03 Å². The molecule has 0 aromatic heterocycles. The maximum Gasteiger partial charge on any atom is 0.317 e. The summed E-state index contributed by atoms with van der Waals surface area (Å²) in [5.41, 5.74) is 2.30. The molecule has 0 aliphatic carbocycles. The van der Waals surface area contributed by atoms with Crippen LogP contribution in [0.5, 0.6) is 5.75 Å². The normalized spacial score (nSPS) is 10.1. The van der Waals surface area contributed by atoms with Gasteiger partial charge in [0, 0.05) is 13.6 Å². The van der Waals surface area contributed by atoms with E-state index in [0.717, 1.165) is 11.3 Å². The van der Waals surface area contributed by atoms with Gasteiger partial charge < -0.3 is 15.0 Å². The number of urea groups is 1. The first-order valence-corrected chi connectivity index (χ1v) is 7.37. The van der Waals surface area contributed by atoms with Crippen molar-refractivity contribution in [3.63, 3.8) is 0 Å². The summed E-state index contributed by atoms with van der Waals surface area (Å²) in [7, 11) is 1.78. The van der Waals surface area contributed by atoms with Crippen molar-refractivity contribution in [3.8, 4) is 5.75 Å². The molecule has 0 aliphatic rings. The molecular formula is C18H22N2O2. The lowest BCUT2D eigenvalue weighted by atomic mass is 10.2. The molecule has 0 saturated carbocycles. The Morgan fingerprint density at radius 1 is 1.09 bits per heavy atom. The van der Waals surface area contributed by atoms with E-state index in [-0.39, 0.29) is 6.03 Å². The van der Waals surface area contributed by atoms with Gasteiger partial charge in [0.1, 0.15) is 12.4 Å². The lowest BCUT2D eigenvalue weighted by Crippen LogP contribution is -2.38. The minimum absolute atomic E-state index is 0.101. The van der Waals surface area contributed by atoms with Crippen molar-refractivity contribution in [2.45, 2.75) is 13.5 Å². The molecule has 0 bridgehead atoms. The van der Waals surface area contributed by atoms with Gasteiger partial charge in [-0.15, -0.1) is 0 Å². The van der Waals surface area contributed by atoms with Crippen LogP contribution in [0.1, 0.15) is 11.1 Å². The molecule has 2 aromatic carbocycles. The van der Waals surface area contributed by atoms with Gasteiger partial charge in [0.05, 0.1) is 6.54 Å². The number of nitrogens with one attached hydrogen (secondary N) is 1. The van der Waals surface area contributed by atoms with Gasteiger partial charge in [0.15, 0.2) is 0 Å². The number of hydrogen-bond donors (Lipinski definition) is 1. The average molecular weight is 298 g/mol. The molecule has 0 fully saturated rings. The zero-order valence-corrected chi connectivity index (χ0v) is 13.1. The largest absolute Gasteiger partial charge is 0.492 e. The van der Waals surface area contributed by atoms with E-state index in [1.807, 2.05) is 61.5 Å². The maximum absolute atomic E-state index is 12.0. The number of carbonyl (C=O) groups is 1. The summed E-state index contributed by atoms with van der Waals surface area (Å²) in [5.74, 6) is 0.817. The highest BCUT2D eigenvalue weighted by atomic mass is 16.5. The number of ether oxygens (including phenoxy) is 1. The van der Waals surface area contributed by atoms with E-state index in [1.54, 1.807) is 11.9 Å². The first-order chi connectivity index (χ1) is 10.6. The van der Waals surface area contributed by atoms with Crippen molar-refractivity contribution in [3.05, 3.63) is 65.7 Å². The van der Waals surface area contributed by atoms with Crippen LogP contribution in [0.2, 0.25) is 0 Å². The zero-order valence-electron chi connectivity index (χ0n) is 13.1. The van der Waals surface area contributed by atoms with E-state index in [4.69, 9.17) is 4.74 Å². The summed E-state index contributed by atoms with van der Waals surface area (Å²) < 4.78 is 5.58. The summed E-state index contributed by atoms with van der Waals surface area (Å²) in [6.45, 7) is 3.55. The summed E-state index contributed by atoms with van der Waals surface area (Å²) in [6.07, 6.45) is 0. The molecule has 0 radical (unpaired) electrons. The number of hydrogen-bond acceptors (Lipinski definition) is 2. The van der Waals surface area contributed by atoms with Gasteiger partial charge in [-0.05, 0) is 24.6 Å². The van der Waals surface area contributed by atoms with Crippen molar-refractivity contribution >= 4 is 6.03 Å². The number of aryl methyl sites for hydroxylation is 1. The fourth-order valence-electron chi connectivity index (χ4n) is 2.03. The third kappa shape index (κ3) is 5.13. The number of amides is 2. The third-order valence-corrected chi connectivity index (χ3v) is 3.28. The summed E-state index contributed by atoms with van der Waals surface area (Å²) >= 11 is 0. The second-order valence-electron chi connectivity index (χ2n) is 5.24. The second kappa shape index (κ2) is 8.08. The summed E-state index contributed by atoms with van der Waals surface area (Å²) in [5, 5.41) is 2.85. The molecule has 1 N–H and O–H groups in total. The van der Waals surface area contributed by atoms with Crippen LogP contribution in [0.3, 0.4) is 0 Å². The molecule has 0 aliphatic heterocycles. The number of carbonyl (C=O) groups excluding carboxylic acids is 1. The monoisotopic (exact) mass is 298 g/mol. The fourth-order valence-corrected chi connectivity index (χ4v) is 2.03. The summed E-state index contributed by atoms with van der Waals surface area (Å²) in [4.78, 5) is 13.6. The van der Waals surface area contributed by atoms with Crippen LogP contribution in [0.4, 0.5) is 4.79 Å². The number of benzene rings is 2. The Morgan fingerprint density at radius 2 is 1.77 bits per heavy atom. The summed E-state index contributed by atoms with van der Waals surface area (Å²) in [6, 6.07) is 17.7. The number of rotatable bonds is 6. The standard InChI is InChI=1S/C18H22N2O2/c1-15-8-10-17(11-9-15)22-13-12-19-18(21)20(2)14-16-6-4-3-5-7-16/h3-11H,12-14H2,1-2H3,(H,19,21). The molecule has 2 amide bonds. The van der Waals surface area contributed by atoms with Crippen LogP contribution in [0.25, 0.3) is 0 Å². The van der Waals surface area contributed by atoms with E-state index in [1.165, 1.54) is 5.56 Å². The van der Waals surface area contributed by atoms with E-state index in [9.17, 15) is 4.79 Å². The molecule has 116 valence electrons. The number of nitrogens with zero attached hydrogens (tertiary/aromatic N) is 1. The quantitative estimate of drug-likeness (QED) is 0.832. The first-order valence-electron chi connectivity index (χ1n) is 7.37. The SMILES string of the molecule is Cc1ccc(OCCNC(=O)N(C)Cc2ccccc2)cc1. The minimum Gasteiger partial charge on any atom is -0.492 e. The fraction of sp³-hybridized carbons (Fsp3) is 0.278. The van der Waals surface area contributed by atoms with E-state index < -0.39 is 0 Å². The lowest BCUT2D eigenvalue weighted by Gasteiger charge is -2.18.